The van der Waals surface area contributed by atoms with Gasteiger partial charge >= 0.3 is 0 Å². The number of sulfonamides is 1. The van der Waals surface area contributed by atoms with Crippen LogP contribution in [0.2, 0.25) is 0 Å². The van der Waals surface area contributed by atoms with Gasteiger partial charge in [0, 0.05) is 11.1 Å². The topological polar surface area (TPSA) is 63.2 Å². The molecule has 7 heteroatoms. The quantitative estimate of drug-likeness (QED) is 0.620. The third kappa shape index (κ3) is 4.31. The second kappa shape index (κ2) is 7.49. The van der Waals surface area contributed by atoms with Crippen molar-refractivity contribution in [2.75, 3.05) is 0 Å². The summed E-state index contributed by atoms with van der Waals surface area (Å²) < 4.78 is 42.9. The molecule has 1 heterocycles. The SMILES string of the molecule is CC(C)(C)NS(=O)(=O)c1ccccc1-c1ccc(C(=O)C2=CC=CB2)c(F)c1. The van der Waals surface area contributed by atoms with Crippen LogP contribution in [0.1, 0.15) is 31.1 Å². The number of carbonyl (C=O) groups excluding carboxylic acids is 1. The molecule has 1 aliphatic heterocycles. The van der Waals surface area contributed by atoms with Crippen LogP contribution in [0, 0.1) is 5.82 Å². The third-order valence-electron chi connectivity index (χ3n) is 4.20. The highest BCUT2D eigenvalue weighted by atomic mass is 32.2. The highest BCUT2D eigenvalue weighted by Gasteiger charge is 2.25. The molecule has 144 valence electrons. The van der Waals surface area contributed by atoms with E-state index in [0.717, 1.165) is 0 Å². The largest absolute Gasteiger partial charge is 0.290 e. The Kier molecular flexibility index (Phi) is 5.41. The summed E-state index contributed by atoms with van der Waals surface area (Å²) in [6.45, 7) is 5.25. The monoisotopic (exact) mass is 397 g/mol. The fourth-order valence-corrected chi connectivity index (χ4v) is 4.70. The van der Waals surface area contributed by atoms with Gasteiger partial charge in [-0.05, 0) is 50.0 Å². The summed E-state index contributed by atoms with van der Waals surface area (Å²) in [7, 11) is -3.32. The van der Waals surface area contributed by atoms with Crippen LogP contribution >= 0.6 is 0 Å². The van der Waals surface area contributed by atoms with E-state index in [4.69, 9.17) is 0 Å². The Labute approximate surface area is 165 Å². The maximum Gasteiger partial charge on any atom is 0.241 e. The van der Waals surface area contributed by atoms with Crippen LogP contribution in [0.3, 0.4) is 0 Å². The molecule has 2 aromatic carbocycles. The van der Waals surface area contributed by atoms with E-state index in [1.54, 1.807) is 57.2 Å². The zero-order valence-electron chi connectivity index (χ0n) is 16.0. The fourth-order valence-electron chi connectivity index (χ4n) is 3.05. The Hall–Kier alpha value is -2.51. The molecule has 4 nitrogen and oxygen atoms in total. The number of halogens is 1. The first-order chi connectivity index (χ1) is 13.1. The van der Waals surface area contributed by atoms with Crippen molar-refractivity contribution in [3.05, 3.63) is 77.4 Å². The van der Waals surface area contributed by atoms with Crippen LogP contribution in [0.15, 0.2) is 71.0 Å². The predicted molar refractivity (Wildman–Crippen MR) is 111 cm³/mol. The Balaban J connectivity index is 2.02. The van der Waals surface area contributed by atoms with Crippen LogP contribution in [-0.4, -0.2) is 27.0 Å². The summed E-state index contributed by atoms with van der Waals surface area (Å²) in [6, 6.07) is 10.6. The number of ketones is 1. The second-order valence-electron chi connectivity index (χ2n) is 7.70. The van der Waals surface area contributed by atoms with Crippen LogP contribution in [0.5, 0.6) is 0 Å². The van der Waals surface area contributed by atoms with Crippen LogP contribution in [-0.2, 0) is 10.0 Å². The van der Waals surface area contributed by atoms with Crippen LogP contribution in [0.4, 0.5) is 4.39 Å². The van der Waals surface area contributed by atoms with Crippen molar-refractivity contribution in [3.63, 3.8) is 0 Å². The number of Topliss-reactive ketones (excluding diaryl/α,β-unsaturated/α-hetero) is 1. The van der Waals surface area contributed by atoms with Gasteiger partial charge < -0.3 is 0 Å². The van der Waals surface area contributed by atoms with E-state index < -0.39 is 21.4 Å². The van der Waals surface area contributed by atoms with E-state index in [1.807, 2.05) is 5.98 Å². The van der Waals surface area contributed by atoms with Gasteiger partial charge in [0.05, 0.1) is 10.5 Å². The smallest absolute Gasteiger partial charge is 0.241 e. The highest BCUT2D eigenvalue weighted by Crippen LogP contribution is 2.30. The molecule has 3 rings (SSSR count). The van der Waals surface area contributed by atoms with Crippen molar-refractivity contribution in [2.45, 2.75) is 31.2 Å². The molecule has 0 bridgehead atoms. The first-order valence-corrected chi connectivity index (χ1v) is 10.4. The minimum Gasteiger partial charge on any atom is -0.290 e. The molecule has 0 spiro atoms. The van der Waals surface area contributed by atoms with Gasteiger partial charge in [-0.3, -0.25) is 4.79 Å². The summed E-state index contributed by atoms with van der Waals surface area (Å²) in [5.41, 5.74) is 0.619. The van der Waals surface area contributed by atoms with Gasteiger partial charge in [-0.25, -0.2) is 17.5 Å². The van der Waals surface area contributed by atoms with Crippen LogP contribution < -0.4 is 4.72 Å². The summed E-state index contributed by atoms with van der Waals surface area (Å²) in [5.74, 6) is 0.804. The molecule has 1 N–H and O–H groups in total. The Morgan fingerprint density at radius 2 is 1.82 bits per heavy atom. The first kappa shape index (κ1) is 20.2. The van der Waals surface area contributed by atoms with Gasteiger partial charge in [0.25, 0.3) is 0 Å². The number of hydrogen-bond donors (Lipinski definition) is 1. The number of nitrogens with one attached hydrogen (secondary N) is 1. The van der Waals surface area contributed by atoms with Crippen LogP contribution in [0.25, 0.3) is 11.1 Å². The maximum atomic E-state index is 14.7. The van der Waals surface area contributed by atoms with Gasteiger partial charge in [-0.1, -0.05) is 36.4 Å². The second-order valence-corrected chi connectivity index (χ2v) is 9.35. The summed E-state index contributed by atoms with van der Waals surface area (Å²) in [4.78, 5) is 12.5. The lowest BCUT2D eigenvalue weighted by molar-refractivity contribution is 0.103. The fraction of sp³-hybridized carbons (Fsp3) is 0.190. The molecule has 1 aliphatic rings. The third-order valence-corrected chi connectivity index (χ3v) is 6.02. The lowest BCUT2D eigenvalue weighted by Crippen LogP contribution is -2.40. The zero-order chi connectivity index (χ0) is 20.5. The van der Waals surface area contributed by atoms with Gasteiger partial charge in [-0.2, -0.15) is 0 Å². The number of benzene rings is 2. The highest BCUT2D eigenvalue weighted by molar-refractivity contribution is 7.89. The molecule has 0 aliphatic carbocycles. The van der Waals surface area contributed by atoms with E-state index >= 15 is 0 Å². The van der Waals surface area contributed by atoms with Gasteiger partial charge in [0.2, 0.25) is 10.0 Å². The minimum atomic E-state index is -3.81. The van der Waals surface area contributed by atoms with Gasteiger partial charge in [0.1, 0.15) is 5.82 Å². The van der Waals surface area contributed by atoms with Crippen molar-refractivity contribution in [2.24, 2.45) is 0 Å². The Bertz CT molecular complexity index is 1100. The molecule has 0 unspecified atom stereocenters. The molecule has 28 heavy (non-hydrogen) atoms. The van der Waals surface area contributed by atoms with Crippen molar-refractivity contribution >= 4 is 23.1 Å². The molecule has 0 atom stereocenters. The maximum absolute atomic E-state index is 14.7. The first-order valence-electron chi connectivity index (χ1n) is 8.92. The Morgan fingerprint density at radius 3 is 2.43 bits per heavy atom. The molecule has 0 aromatic heterocycles. The van der Waals surface area contributed by atoms with Crippen molar-refractivity contribution < 1.29 is 17.6 Å². The molecule has 0 saturated heterocycles. The summed E-state index contributed by atoms with van der Waals surface area (Å²) in [5, 5.41) is 0. The lowest BCUT2D eigenvalue weighted by atomic mass is 9.70. The van der Waals surface area contributed by atoms with E-state index in [1.165, 1.54) is 18.2 Å². The normalized spacial score (nSPS) is 13.9. The summed E-state index contributed by atoms with van der Waals surface area (Å²) >= 11 is 0. The van der Waals surface area contributed by atoms with E-state index in [-0.39, 0.29) is 16.2 Å². The molecular formula is C21H21BFNO3S. The van der Waals surface area contributed by atoms with E-state index in [9.17, 15) is 17.6 Å². The number of carbonyl (C=O) groups is 1. The molecule has 2 aromatic rings. The molecule has 0 amide bonds. The van der Waals surface area contributed by atoms with Gasteiger partial charge in [-0.15, -0.1) is 5.98 Å². The van der Waals surface area contributed by atoms with E-state index in [2.05, 4.69) is 4.72 Å². The lowest BCUT2D eigenvalue weighted by Gasteiger charge is -2.21. The van der Waals surface area contributed by atoms with Gasteiger partial charge in [0.15, 0.2) is 13.1 Å². The zero-order valence-corrected chi connectivity index (χ0v) is 16.8. The van der Waals surface area contributed by atoms with E-state index in [0.29, 0.717) is 23.9 Å². The van der Waals surface area contributed by atoms with Crippen molar-refractivity contribution in [3.8, 4) is 11.1 Å². The summed E-state index contributed by atoms with van der Waals surface area (Å²) in [6.07, 6.45) is 3.44. The molecular weight excluding hydrogens is 376 g/mol. The standard InChI is InChI=1S/C21H21BFNO3S/c1-21(2,3)24-28(26,27)19-9-5-4-7-15(19)14-10-11-16(18(23)13-14)20(25)17-8-6-12-22-17/h4-13,22,24H,1-3H3. The van der Waals surface area contributed by atoms with Crippen molar-refractivity contribution in [1.82, 2.24) is 4.72 Å². The number of hydrogen-bond acceptors (Lipinski definition) is 3. The molecule has 0 radical (unpaired) electrons. The molecule has 0 fully saturated rings. The molecule has 0 saturated carbocycles. The number of rotatable bonds is 5. The minimum absolute atomic E-state index is 0.0214. The number of allylic oxidation sites excluding steroid dienone is 3. The average Bonchev–Trinajstić information content (AvgIpc) is 3.14. The predicted octanol–water partition coefficient (Wildman–Crippen LogP) is 3.60. The average molecular weight is 397 g/mol. The van der Waals surface area contributed by atoms with Crippen molar-refractivity contribution in [1.29, 1.82) is 0 Å². The Morgan fingerprint density at radius 1 is 1.11 bits per heavy atom.